The number of nitrogens with zero attached hydrogens (tertiary/aromatic N) is 1. The maximum Gasteiger partial charge on any atom is 0.264 e. The molecule has 3 rings (SSSR count). The molecule has 1 amide bonds. The van der Waals surface area contributed by atoms with Crippen LogP contribution in [0.4, 0.5) is 5.69 Å². The first kappa shape index (κ1) is 24.6. The van der Waals surface area contributed by atoms with E-state index in [-0.39, 0.29) is 17.3 Å². The SMILES string of the molecule is Cc1ccc(S(=O)(=O)N(CC(=O)NCCCOC2CCCC2)c2ccc(C)c(Cl)c2)cc1. The minimum absolute atomic E-state index is 0.123. The fraction of sp³-hybridized carbons (Fsp3) is 0.458. The van der Waals surface area contributed by atoms with Gasteiger partial charge in [-0.15, -0.1) is 0 Å². The van der Waals surface area contributed by atoms with Crippen molar-refractivity contribution in [2.24, 2.45) is 0 Å². The average molecular weight is 479 g/mol. The van der Waals surface area contributed by atoms with Crippen LogP contribution >= 0.6 is 11.6 Å². The van der Waals surface area contributed by atoms with Crippen molar-refractivity contribution in [2.45, 2.75) is 57.0 Å². The number of sulfonamides is 1. The number of anilines is 1. The van der Waals surface area contributed by atoms with Crippen LogP contribution in [0.25, 0.3) is 0 Å². The molecule has 32 heavy (non-hydrogen) atoms. The molecule has 174 valence electrons. The number of ether oxygens (including phenoxy) is 1. The highest BCUT2D eigenvalue weighted by atomic mass is 35.5. The molecule has 2 aromatic carbocycles. The van der Waals surface area contributed by atoms with Gasteiger partial charge >= 0.3 is 0 Å². The highest BCUT2D eigenvalue weighted by molar-refractivity contribution is 7.92. The molecular formula is C24H31ClN2O4S. The Morgan fingerprint density at radius 1 is 1.12 bits per heavy atom. The summed E-state index contributed by atoms with van der Waals surface area (Å²) in [4.78, 5) is 12.8. The molecule has 1 aliphatic carbocycles. The number of hydrogen-bond donors (Lipinski definition) is 1. The van der Waals surface area contributed by atoms with Gasteiger partial charge in [0.1, 0.15) is 6.54 Å². The van der Waals surface area contributed by atoms with Crippen LogP contribution in [-0.4, -0.2) is 40.1 Å². The Labute approximate surface area is 196 Å². The van der Waals surface area contributed by atoms with Crippen molar-refractivity contribution in [2.75, 3.05) is 24.0 Å². The number of halogens is 1. The number of rotatable bonds is 10. The molecule has 1 fully saturated rings. The first-order valence-electron chi connectivity index (χ1n) is 11.0. The Bertz CT molecular complexity index is 1020. The molecule has 1 saturated carbocycles. The zero-order valence-corrected chi connectivity index (χ0v) is 20.2. The number of aryl methyl sites for hydroxylation is 2. The van der Waals surface area contributed by atoms with E-state index in [2.05, 4.69) is 5.32 Å². The van der Waals surface area contributed by atoms with Crippen molar-refractivity contribution in [1.82, 2.24) is 5.32 Å². The second-order valence-electron chi connectivity index (χ2n) is 8.24. The van der Waals surface area contributed by atoms with Crippen LogP contribution in [0.2, 0.25) is 5.02 Å². The Morgan fingerprint density at radius 3 is 2.47 bits per heavy atom. The third kappa shape index (κ3) is 6.47. The van der Waals surface area contributed by atoms with Crippen molar-refractivity contribution >= 4 is 33.2 Å². The lowest BCUT2D eigenvalue weighted by atomic mass is 10.2. The quantitative estimate of drug-likeness (QED) is 0.505. The molecule has 0 heterocycles. The van der Waals surface area contributed by atoms with Gasteiger partial charge in [0.15, 0.2) is 0 Å². The summed E-state index contributed by atoms with van der Waals surface area (Å²) in [5.74, 6) is -0.377. The van der Waals surface area contributed by atoms with E-state index in [4.69, 9.17) is 16.3 Å². The van der Waals surface area contributed by atoms with Crippen molar-refractivity contribution in [3.8, 4) is 0 Å². The third-order valence-corrected chi connectivity index (χ3v) is 7.83. The maximum atomic E-state index is 13.4. The van der Waals surface area contributed by atoms with Gasteiger partial charge in [-0.1, -0.05) is 48.2 Å². The van der Waals surface area contributed by atoms with Crippen molar-refractivity contribution < 1.29 is 17.9 Å². The molecule has 0 aromatic heterocycles. The molecule has 6 nitrogen and oxygen atoms in total. The predicted octanol–water partition coefficient (Wildman–Crippen LogP) is 4.62. The second-order valence-corrected chi connectivity index (χ2v) is 10.5. The predicted molar refractivity (Wildman–Crippen MR) is 128 cm³/mol. The molecule has 0 bridgehead atoms. The van der Waals surface area contributed by atoms with Crippen molar-refractivity contribution in [3.63, 3.8) is 0 Å². The number of amides is 1. The first-order valence-corrected chi connectivity index (χ1v) is 12.8. The van der Waals surface area contributed by atoms with Gasteiger partial charge in [-0.3, -0.25) is 9.10 Å². The zero-order valence-electron chi connectivity index (χ0n) is 18.6. The Hall–Kier alpha value is -2.09. The van der Waals surface area contributed by atoms with Gasteiger partial charge in [0.25, 0.3) is 10.0 Å². The maximum absolute atomic E-state index is 13.4. The molecule has 8 heteroatoms. The van der Waals surface area contributed by atoms with E-state index in [1.807, 2.05) is 13.8 Å². The summed E-state index contributed by atoms with van der Waals surface area (Å²) < 4.78 is 33.7. The molecule has 2 aromatic rings. The Balaban J connectivity index is 1.68. The molecule has 0 spiro atoms. The molecule has 0 aliphatic heterocycles. The second kappa shape index (κ2) is 11.2. The summed E-state index contributed by atoms with van der Waals surface area (Å²) in [7, 11) is -3.95. The van der Waals surface area contributed by atoms with E-state index in [1.165, 1.54) is 12.8 Å². The van der Waals surface area contributed by atoms with Crippen LogP contribution in [0.3, 0.4) is 0 Å². The summed E-state index contributed by atoms with van der Waals surface area (Å²) in [6.45, 7) is 4.41. The van der Waals surface area contributed by atoms with E-state index in [0.29, 0.717) is 36.4 Å². The monoisotopic (exact) mass is 478 g/mol. The smallest absolute Gasteiger partial charge is 0.264 e. The Morgan fingerprint density at radius 2 is 1.81 bits per heavy atom. The summed E-state index contributed by atoms with van der Waals surface area (Å²) in [6, 6.07) is 11.5. The molecule has 0 saturated heterocycles. The minimum Gasteiger partial charge on any atom is -0.378 e. The minimum atomic E-state index is -3.95. The van der Waals surface area contributed by atoms with Gasteiger partial charge < -0.3 is 10.1 Å². The van der Waals surface area contributed by atoms with Crippen LogP contribution in [0.1, 0.15) is 43.2 Å². The van der Waals surface area contributed by atoms with Crippen LogP contribution in [-0.2, 0) is 19.6 Å². The Kier molecular flexibility index (Phi) is 8.57. The van der Waals surface area contributed by atoms with E-state index in [0.717, 1.165) is 28.3 Å². The molecular weight excluding hydrogens is 448 g/mol. The van der Waals surface area contributed by atoms with Crippen LogP contribution in [0.5, 0.6) is 0 Å². The van der Waals surface area contributed by atoms with Crippen LogP contribution < -0.4 is 9.62 Å². The highest BCUT2D eigenvalue weighted by Gasteiger charge is 2.27. The van der Waals surface area contributed by atoms with E-state index < -0.39 is 10.0 Å². The molecule has 0 atom stereocenters. The highest BCUT2D eigenvalue weighted by Crippen LogP contribution is 2.28. The zero-order chi connectivity index (χ0) is 23.1. The summed E-state index contributed by atoms with van der Waals surface area (Å²) in [5.41, 5.74) is 2.13. The number of carbonyl (C=O) groups is 1. The van der Waals surface area contributed by atoms with Crippen molar-refractivity contribution in [3.05, 3.63) is 58.6 Å². The van der Waals surface area contributed by atoms with Gasteiger partial charge in [-0.05, 0) is 62.9 Å². The lowest BCUT2D eigenvalue weighted by molar-refractivity contribution is -0.119. The largest absolute Gasteiger partial charge is 0.378 e. The average Bonchev–Trinajstić information content (AvgIpc) is 3.27. The van der Waals surface area contributed by atoms with Crippen molar-refractivity contribution in [1.29, 1.82) is 0 Å². The molecule has 0 radical (unpaired) electrons. The molecule has 0 unspecified atom stereocenters. The van der Waals surface area contributed by atoms with Gasteiger partial charge in [0.2, 0.25) is 5.91 Å². The summed E-state index contributed by atoms with van der Waals surface area (Å²) in [6.07, 6.45) is 5.68. The van der Waals surface area contributed by atoms with Gasteiger partial charge in [0, 0.05) is 18.2 Å². The summed E-state index contributed by atoms with van der Waals surface area (Å²) >= 11 is 6.25. The standard InChI is InChI=1S/C24H31ClN2O4S/c1-18-8-12-22(13-9-18)32(29,30)27(20-11-10-19(2)23(25)16-20)17-24(28)26-14-5-15-31-21-6-3-4-7-21/h8-13,16,21H,3-7,14-15,17H2,1-2H3,(H,26,28). The lowest BCUT2D eigenvalue weighted by Gasteiger charge is -2.24. The third-order valence-electron chi connectivity index (χ3n) is 5.64. The number of carbonyl (C=O) groups excluding carboxylic acids is 1. The molecule has 1 N–H and O–H groups in total. The van der Waals surface area contributed by atoms with Gasteiger partial charge in [-0.25, -0.2) is 8.42 Å². The number of benzene rings is 2. The molecule has 1 aliphatic rings. The number of hydrogen-bond acceptors (Lipinski definition) is 4. The fourth-order valence-corrected chi connectivity index (χ4v) is 5.27. The van der Waals surface area contributed by atoms with E-state index in [9.17, 15) is 13.2 Å². The van der Waals surface area contributed by atoms with Gasteiger partial charge in [-0.2, -0.15) is 0 Å². The van der Waals surface area contributed by atoms with E-state index in [1.54, 1.807) is 42.5 Å². The van der Waals surface area contributed by atoms with Crippen LogP contribution in [0, 0.1) is 13.8 Å². The lowest BCUT2D eigenvalue weighted by Crippen LogP contribution is -2.41. The first-order chi connectivity index (χ1) is 15.3. The fourth-order valence-electron chi connectivity index (χ4n) is 3.68. The summed E-state index contributed by atoms with van der Waals surface area (Å²) in [5, 5.41) is 3.25. The van der Waals surface area contributed by atoms with Gasteiger partial charge in [0.05, 0.1) is 16.7 Å². The topological polar surface area (TPSA) is 75.7 Å². The number of nitrogens with one attached hydrogen (secondary N) is 1. The normalized spacial score (nSPS) is 14.5. The van der Waals surface area contributed by atoms with Crippen LogP contribution in [0.15, 0.2) is 47.4 Å². The van der Waals surface area contributed by atoms with E-state index >= 15 is 0 Å².